The number of aliphatic hydroxyl groups is 1. The van der Waals surface area contributed by atoms with Gasteiger partial charge in [-0.25, -0.2) is 0 Å². The molecule has 0 atom stereocenters. The van der Waals surface area contributed by atoms with Gasteiger partial charge in [-0.05, 0) is 25.3 Å². The molecular formula is C11H13Cl3O2. The van der Waals surface area contributed by atoms with Crippen molar-refractivity contribution in [1.29, 1.82) is 0 Å². The summed E-state index contributed by atoms with van der Waals surface area (Å²) in [5.74, 6) is 0.542. The van der Waals surface area contributed by atoms with Crippen LogP contribution in [-0.2, 0) is 0 Å². The zero-order valence-corrected chi connectivity index (χ0v) is 10.9. The fourth-order valence-corrected chi connectivity index (χ4v) is 1.78. The number of halogens is 3. The molecule has 0 bridgehead atoms. The molecule has 0 unspecified atom stereocenters. The van der Waals surface area contributed by atoms with Gasteiger partial charge in [-0.3, -0.25) is 0 Å². The smallest absolute Gasteiger partial charge is 0.139 e. The molecule has 0 aromatic heterocycles. The Kier molecular flexibility index (Phi) is 6.29. The zero-order valence-electron chi connectivity index (χ0n) is 8.68. The fourth-order valence-electron chi connectivity index (χ4n) is 1.19. The Morgan fingerprint density at radius 3 is 2.31 bits per heavy atom. The van der Waals surface area contributed by atoms with Crippen LogP contribution in [0.25, 0.3) is 0 Å². The normalized spacial score (nSPS) is 10.5. The van der Waals surface area contributed by atoms with Crippen LogP contribution in [-0.4, -0.2) is 18.3 Å². The van der Waals surface area contributed by atoms with Gasteiger partial charge in [-0.1, -0.05) is 34.8 Å². The van der Waals surface area contributed by atoms with Crippen LogP contribution < -0.4 is 4.74 Å². The van der Waals surface area contributed by atoms with E-state index in [1.807, 2.05) is 0 Å². The highest BCUT2D eigenvalue weighted by molar-refractivity contribution is 6.43. The van der Waals surface area contributed by atoms with Crippen molar-refractivity contribution in [1.82, 2.24) is 0 Å². The first-order valence-corrected chi connectivity index (χ1v) is 6.16. The summed E-state index contributed by atoms with van der Waals surface area (Å²) in [7, 11) is 0. The van der Waals surface area contributed by atoms with E-state index in [-0.39, 0.29) is 6.61 Å². The Morgan fingerprint density at radius 1 is 0.938 bits per heavy atom. The lowest BCUT2D eigenvalue weighted by atomic mass is 10.2. The lowest BCUT2D eigenvalue weighted by Gasteiger charge is -2.08. The monoisotopic (exact) mass is 282 g/mol. The van der Waals surface area contributed by atoms with Crippen LogP contribution in [0.5, 0.6) is 5.75 Å². The Hall–Kier alpha value is -0.150. The third-order valence-corrected chi connectivity index (χ3v) is 3.05. The van der Waals surface area contributed by atoms with Gasteiger partial charge < -0.3 is 9.84 Å². The predicted molar refractivity (Wildman–Crippen MR) is 67.9 cm³/mol. The van der Waals surface area contributed by atoms with Crippen LogP contribution in [0.2, 0.25) is 15.1 Å². The number of aliphatic hydroxyl groups excluding tert-OH is 1. The predicted octanol–water partition coefficient (Wildman–Crippen LogP) is 4.19. The van der Waals surface area contributed by atoms with Gasteiger partial charge >= 0.3 is 0 Å². The number of ether oxygens (including phenoxy) is 1. The maximum absolute atomic E-state index is 8.60. The fraction of sp³-hybridized carbons (Fsp3) is 0.455. The van der Waals surface area contributed by atoms with Gasteiger partial charge in [-0.2, -0.15) is 0 Å². The topological polar surface area (TPSA) is 29.5 Å². The maximum atomic E-state index is 8.60. The van der Waals surface area contributed by atoms with Crippen molar-refractivity contribution in [2.24, 2.45) is 0 Å². The van der Waals surface area contributed by atoms with Crippen molar-refractivity contribution in [2.75, 3.05) is 13.2 Å². The minimum atomic E-state index is 0.216. The molecule has 90 valence electrons. The Morgan fingerprint density at radius 2 is 1.62 bits per heavy atom. The first-order chi connectivity index (χ1) is 7.65. The van der Waals surface area contributed by atoms with Gasteiger partial charge in [0, 0.05) is 12.7 Å². The molecule has 0 aliphatic rings. The molecule has 0 amide bonds. The van der Waals surface area contributed by atoms with E-state index in [4.69, 9.17) is 44.6 Å². The summed E-state index contributed by atoms with van der Waals surface area (Å²) in [5.41, 5.74) is 0. The summed E-state index contributed by atoms with van der Waals surface area (Å²) in [6, 6.07) is 3.17. The number of unbranched alkanes of at least 4 members (excludes halogenated alkanes) is 2. The van der Waals surface area contributed by atoms with E-state index in [0.717, 1.165) is 19.3 Å². The molecule has 0 saturated heterocycles. The molecule has 0 heterocycles. The second-order valence-corrected chi connectivity index (χ2v) is 4.55. The molecule has 0 spiro atoms. The Balaban J connectivity index is 2.45. The third-order valence-electron chi connectivity index (χ3n) is 2.03. The molecule has 0 aliphatic carbocycles. The minimum Gasteiger partial charge on any atom is -0.492 e. The van der Waals surface area contributed by atoms with Crippen LogP contribution in [0.4, 0.5) is 0 Å². The quantitative estimate of drug-likeness (QED) is 0.626. The second-order valence-electron chi connectivity index (χ2n) is 3.33. The standard InChI is InChI=1S/C11H13Cl3O2/c12-8-6-10(14)11(7-9(8)13)16-5-3-1-2-4-15/h6-7,15H,1-5H2. The molecule has 2 nitrogen and oxygen atoms in total. The lowest BCUT2D eigenvalue weighted by Crippen LogP contribution is -1.98. The lowest BCUT2D eigenvalue weighted by molar-refractivity contribution is 0.266. The Labute approximate surface area is 110 Å². The minimum absolute atomic E-state index is 0.216. The number of benzene rings is 1. The highest BCUT2D eigenvalue weighted by Crippen LogP contribution is 2.33. The second kappa shape index (κ2) is 7.23. The van der Waals surface area contributed by atoms with Crippen LogP contribution in [0, 0.1) is 0 Å². The SMILES string of the molecule is OCCCCCOc1cc(Cl)c(Cl)cc1Cl. The molecule has 5 heteroatoms. The van der Waals surface area contributed by atoms with E-state index in [9.17, 15) is 0 Å². The molecule has 1 aromatic rings. The molecule has 0 saturated carbocycles. The van der Waals surface area contributed by atoms with E-state index in [0.29, 0.717) is 27.4 Å². The van der Waals surface area contributed by atoms with Crippen molar-refractivity contribution in [2.45, 2.75) is 19.3 Å². The van der Waals surface area contributed by atoms with Gasteiger partial charge in [0.25, 0.3) is 0 Å². The first-order valence-electron chi connectivity index (χ1n) is 5.03. The van der Waals surface area contributed by atoms with Gasteiger partial charge in [0.1, 0.15) is 5.75 Å². The van der Waals surface area contributed by atoms with Crippen LogP contribution in [0.3, 0.4) is 0 Å². The van der Waals surface area contributed by atoms with E-state index >= 15 is 0 Å². The van der Waals surface area contributed by atoms with Gasteiger partial charge in [0.05, 0.1) is 21.7 Å². The molecule has 0 radical (unpaired) electrons. The first kappa shape index (κ1) is 13.9. The van der Waals surface area contributed by atoms with Crippen LogP contribution >= 0.6 is 34.8 Å². The van der Waals surface area contributed by atoms with Crippen molar-refractivity contribution >= 4 is 34.8 Å². The highest BCUT2D eigenvalue weighted by atomic mass is 35.5. The average Bonchev–Trinajstić information content (AvgIpc) is 2.25. The van der Waals surface area contributed by atoms with E-state index < -0.39 is 0 Å². The summed E-state index contributed by atoms with van der Waals surface area (Å²) in [6.45, 7) is 0.769. The van der Waals surface area contributed by atoms with Crippen LogP contribution in [0.1, 0.15) is 19.3 Å². The van der Waals surface area contributed by atoms with Gasteiger partial charge in [0.15, 0.2) is 0 Å². The molecule has 1 N–H and O–H groups in total. The average molecular weight is 284 g/mol. The zero-order chi connectivity index (χ0) is 12.0. The summed E-state index contributed by atoms with van der Waals surface area (Å²) >= 11 is 17.6. The van der Waals surface area contributed by atoms with Crippen molar-refractivity contribution < 1.29 is 9.84 Å². The van der Waals surface area contributed by atoms with Gasteiger partial charge in [0.2, 0.25) is 0 Å². The molecule has 16 heavy (non-hydrogen) atoms. The van der Waals surface area contributed by atoms with Crippen molar-refractivity contribution in [3.63, 3.8) is 0 Å². The van der Waals surface area contributed by atoms with Crippen molar-refractivity contribution in [3.05, 3.63) is 27.2 Å². The molecule has 0 aliphatic heterocycles. The van der Waals surface area contributed by atoms with Gasteiger partial charge in [-0.15, -0.1) is 0 Å². The molecule has 0 fully saturated rings. The highest BCUT2D eigenvalue weighted by Gasteiger charge is 2.06. The number of hydrogen-bond donors (Lipinski definition) is 1. The molecular weight excluding hydrogens is 270 g/mol. The Bertz CT molecular complexity index is 342. The molecule has 1 rings (SSSR count). The van der Waals surface area contributed by atoms with E-state index in [1.165, 1.54) is 0 Å². The third kappa shape index (κ3) is 4.38. The van der Waals surface area contributed by atoms with E-state index in [2.05, 4.69) is 0 Å². The number of rotatable bonds is 6. The number of hydrogen-bond acceptors (Lipinski definition) is 2. The van der Waals surface area contributed by atoms with Crippen LogP contribution in [0.15, 0.2) is 12.1 Å². The van der Waals surface area contributed by atoms with E-state index in [1.54, 1.807) is 12.1 Å². The summed E-state index contributed by atoms with van der Waals surface area (Å²) < 4.78 is 5.46. The summed E-state index contributed by atoms with van der Waals surface area (Å²) in [5, 5.41) is 9.90. The molecule has 1 aromatic carbocycles. The maximum Gasteiger partial charge on any atom is 0.139 e. The summed E-state index contributed by atoms with van der Waals surface area (Å²) in [6.07, 6.45) is 2.59. The summed E-state index contributed by atoms with van der Waals surface area (Å²) in [4.78, 5) is 0. The largest absolute Gasteiger partial charge is 0.492 e. The van der Waals surface area contributed by atoms with Crippen molar-refractivity contribution in [3.8, 4) is 5.75 Å².